The molecule has 0 spiro atoms. The number of hydrogen-bond donors (Lipinski definition) is 1. The van der Waals surface area contributed by atoms with E-state index in [1.54, 1.807) is 56.3 Å². The molecule has 1 N–H and O–H groups in total. The maximum atomic E-state index is 11.8. The molecule has 2 aromatic rings. The molecule has 25 heavy (non-hydrogen) atoms. The number of nitrogens with one attached hydrogen (secondary N) is 1. The predicted molar refractivity (Wildman–Crippen MR) is 92.5 cm³/mol. The lowest BCUT2D eigenvalue weighted by Crippen LogP contribution is -2.19. The van der Waals surface area contributed by atoms with Crippen molar-refractivity contribution in [2.45, 2.75) is 20.0 Å². The third-order valence-electron chi connectivity index (χ3n) is 2.88. The van der Waals surface area contributed by atoms with Gasteiger partial charge in [0.1, 0.15) is 11.4 Å². The molecule has 0 fully saturated rings. The molecular weight excluding hydrogens is 322 g/mol. The van der Waals surface area contributed by atoms with E-state index in [2.05, 4.69) is 15.5 Å². The van der Waals surface area contributed by atoms with Gasteiger partial charge in [-0.25, -0.2) is 10.2 Å². The van der Waals surface area contributed by atoms with Crippen molar-refractivity contribution in [3.8, 4) is 5.75 Å². The molecule has 1 heterocycles. The lowest BCUT2D eigenvalue weighted by molar-refractivity contribution is -0.149. The van der Waals surface area contributed by atoms with Crippen LogP contribution in [0.4, 0.5) is 0 Å². The van der Waals surface area contributed by atoms with E-state index in [0.717, 1.165) is 5.56 Å². The number of pyridine rings is 1. The Kier molecular flexibility index (Phi) is 6.65. The average Bonchev–Trinajstić information content (AvgIpc) is 2.61. The highest BCUT2D eigenvalue weighted by atomic mass is 16.6. The van der Waals surface area contributed by atoms with Gasteiger partial charge in [-0.3, -0.25) is 9.78 Å². The summed E-state index contributed by atoms with van der Waals surface area (Å²) in [5, 5.41) is 3.87. The SMILES string of the molecule is CC(C)OC(=O)COc1ccc(/C=N\NC(=O)c2ccccn2)cc1. The summed E-state index contributed by atoms with van der Waals surface area (Å²) in [6.07, 6.45) is 2.86. The fourth-order valence-electron chi connectivity index (χ4n) is 1.81. The van der Waals surface area contributed by atoms with Crippen LogP contribution in [-0.2, 0) is 9.53 Å². The van der Waals surface area contributed by atoms with Crippen molar-refractivity contribution in [1.29, 1.82) is 0 Å². The summed E-state index contributed by atoms with van der Waals surface area (Å²) >= 11 is 0. The normalized spacial score (nSPS) is 10.7. The maximum Gasteiger partial charge on any atom is 0.344 e. The Labute approximate surface area is 145 Å². The quantitative estimate of drug-likeness (QED) is 0.473. The number of rotatable bonds is 7. The van der Waals surface area contributed by atoms with E-state index in [4.69, 9.17) is 9.47 Å². The Balaban J connectivity index is 1.81. The number of hydrogen-bond acceptors (Lipinski definition) is 6. The first-order valence-corrected chi connectivity index (χ1v) is 7.71. The number of carbonyl (C=O) groups excluding carboxylic acids is 2. The number of hydrazone groups is 1. The van der Waals surface area contributed by atoms with Crippen LogP contribution in [0.5, 0.6) is 5.75 Å². The molecule has 130 valence electrons. The van der Waals surface area contributed by atoms with E-state index in [0.29, 0.717) is 5.75 Å². The Bertz CT molecular complexity index is 728. The second-order valence-electron chi connectivity index (χ2n) is 5.31. The lowest BCUT2D eigenvalue weighted by Gasteiger charge is -2.09. The van der Waals surface area contributed by atoms with Gasteiger partial charge in [0.25, 0.3) is 5.91 Å². The smallest absolute Gasteiger partial charge is 0.344 e. The third kappa shape index (κ3) is 6.42. The van der Waals surface area contributed by atoms with E-state index in [1.807, 2.05) is 0 Å². The molecule has 0 aliphatic rings. The van der Waals surface area contributed by atoms with Gasteiger partial charge in [-0.15, -0.1) is 0 Å². The summed E-state index contributed by atoms with van der Waals surface area (Å²) in [5.41, 5.74) is 3.45. The van der Waals surface area contributed by atoms with Gasteiger partial charge >= 0.3 is 5.97 Å². The van der Waals surface area contributed by atoms with Crippen molar-refractivity contribution in [3.05, 3.63) is 59.9 Å². The minimum absolute atomic E-state index is 0.147. The molecule has 1 aromatic heterocycles. The Morgan fingerprint density at radius 2 is 1.96 bits per heavy atom. The van der Waals surface area contributed by atoms with E-state index < -0.39 is 5.97 Å². The molecule has 0 saturated carbocycles. The summed E-state index contributed by atoms with van der Waals surface area (Å²) < 4.78 is 10.3. The van der Waals surface area contributed by atoms with Crippen LogP contribution in [0.25, 0.3) is 0 Å². The Morgan fingerprint density at radius 3 is 2.60 bits per heavy atom. The van der Waals surface area contributed by atoms with Crippen molar-refractivity contribution < 1.29 is 19.1 Å². The van der Waals surface area contributed by atoms with Crippen molar-refractivity contribution in [1.82, 2.24) is 10.4 Å². The molecule has 7 nitrogen and oxygen atoms in total. The zero-order chi connectivity index (χ0) is 18.1. The molecule has 7 heteroatoms. The topological polar surface area (TPSA) is 89.9 Å². The molecule has 1 amide bonds. The number of amides is 1. The van der Waals surface area contributed by atoms with E-state index >= 15 is 0 Å². The van der Waals surface area contributed by atoms with Crippen LogP contribution >= 0.6 is 0 Å². The lowest BCUT2D eigenvalue weighted by atomic mass is 10.2. The van der Waals surface area contributed by atoms with E-state index in [1.165, 1.54) is 12.4 Å². The van der Waals surface area contributed by atoms with Crippen LogP contribution < -0.4 is 10.2 Å². The number of nitrogens with zero attached hydrogens (tertiary/aromatic N) is 2. The first kappa shape index (κ1) is 18.1. The zero-order valence-electron chi connectivity index (χ0n) is 14.0. The fraction of sp³-hybridized carbons (Fsp3) is 0.222. The molecule has 0 atom stereocenters. The molecule has 0 aliphatic heterocycles. The van der Waals surface area contributed by atoms with Gasteiger partial charge in [-0.2, -0.15) is 5.10 Å². The Morgan fingerprint density at radius 1 is 1.20 bits per heavy atom. The number of aromatic nitrogens is 1. The Hall–Kier alpha value is -3.22. The molecule has 0 bridgehead atoms. The molecule has 2 rings (SSSR count). The van der Waals surface area contributed by atoms with Crippen molar-refractivity contribution in [2.24, 2.45) is 5.10 Å². The predicted octanol–water partition coefficient (Wildman–Crippen LogP) is 2.18. The summed E-state index contributed by atoms with van der Waals surface area (Å²) in [5.74, 6) is -0.270. The van der Waals surface area contributed by atoms with Gasteiger partial charge in [0.05, 0.1) is 12.3 Å². The first-order valence-electron chi connectivity index (χ1n) is 7.71. The van der Waals surface area contributed by atoms with Crippen LogP contribution in [0.15, 0.2) is 53.8 Å². The number of carbonyl (C=O) groups is 2. The van der Waals surface area contributed by atoms with Crippen LogP contribution in [0.3, 0.4) is 0 Å². The number of benzene rings is 1. The summed E-state index contributed by atoms with van der Waals surface area (Å²) in [6.45, 7) is 3.41. The van der Waals surface area contributed by atoms with Crippen LogP contribution in [0.2, 0.25) is 0 Å². The van der Waals surface area contributed by atoms with Gasteiger partial charge in [0, 0.05) is 6.20 Å². The van der Waals surface area contributed by atoms with Gasteiger partial charge in [-0.05, 0) is 55.8 Å². The maximum absolute atomic E-state index is 11.8. The number of esters is 1. The van der Waals surface area contributed by atoms with Crippen LogP contribution in [0, 0.1) is 0 Å². The van der Waals surface area contributed by atoms with Crippen LogP contribution in [0.1, 0.15) is 29.9 Å². The molecule has 0 saturated heterocycles. The number of ether oxygens (including phenoxy) is 2. The summed E-state index contributed by atoms with van der Waals surface area (Å²) in [7, 11) is 0. The second-order valence-corrected chi connectivity index (χ2v) is 5.31. The minimum atomic E-state index is -0.419. The van der Waals surface area contributed by atoms with Crippen molar-refractivity contribution >= 4 is 18.1 Å². The molecular formula is C18H19N3O4. The van der Waals surface area contributed by atoms with Gasteiger partial charge < -0.3 is 9.47 Å². The van der Waals surface area contributed by atoms with Crippen molar-refractivity contribution in [3.63, 3.8) is 0 Å². The summed E-state index contributed by atoms with van der Waals surface area (Å²) in [4.78, 5) is 27.1. The third-order valence-corrected chi connectivity index (χ3v) is 2.88. The molecule has 1 aromatic carbocycles. The van der Waals surface area contributed by atoms with E-state index in [9.17, 15) is 9.59 Å². The highest BCUT2D eigenvalue weighted by Gasteiger charge is 2.06. The standard InChI is InChI=1S/C18H19N3O4/c1-13(2)25-17(22)12-24-15-8-6-14(7-9-15)11-20-21-18(23)16-5-3-4-10-19-16/h3-11,13H,12H2,1-2H3,(H,21,23)/b20-11-. The average molecular weight is 341 g/mol. The highest BCUT2D eigenvalue weighted by Crippen LogP contribution is 2.11. The molecule has 0 unspecified atom stereocenters. The van der Waals surface area contributed by atoms with Crippen molar-refractivity contribution in [2.75, 3.05) is 6.61 Å². The first-order chi connectivity index (χ1) is 12.0. The minimum Gasteiger partial charge on any atom is -0.482 e. The van der Waals surface area contributed by atoms with Gasteiger partial charge in [-0.1, -0.05) is 6.07 Å². The highest BCUT2D eigenvalue weighted by molar-refractivity contribution is 5.93. The molecule has 0 aliphatic carbocycles. The van der Waals surface area contributed by atoms with Gasteiger partial charge in [0.15, 0.2) is 6.61 Å². The molecule has 0 radical (unpaired) electrons. The van der Waals surface area contributed by atoms with Gasteiger partial charge in [0.2, 0.25) is 0 Å². The van der Waals surface area contributed by atoms with E-state index in [-0.39, 0.29) is 24.3 Å². The monoisotopic (exact) mass is 341 g/mol. The largest absolute Gasteiger partial charge is 0.482 e. The second kappa shape index (κ2) is 9.17. The van der Waals surface area contributed by atoms with Crippen LogP contribution in [-0.4, -0.2) is 35.8 Å². The summed E-state index contributed by atoms with van der Waals surface area (Å²) in [6, 6.07) is 11.9. The fourth-order valence-corrected chi connectivity index (χ4v) is 1.81. The zero-order valence-corrected chi connectivity index (χ0v) is 14.0.